The topological polar surface area (TPSA) is 46.8 Å². The van der Waals surface area contributed by atoms with Gasteiger partial charge in [0.25, 0.3) is 0 Å². The number of hydrogen-bond acceptors (Lipinski definition) is 3. The maximum Gasteiger partial charge on any atom is 0.150 e. The van der Waals surface area contributed by atoms with Gasteiger partial charge in [0.05, 0.1) is 30.3 Å². The number of benzene rings is 3. The summed E-state index contributed by atoms with van der Waals surface area (Å²) in [6.07, 6.45) is 7.70. The first-order chi connectivity index (χ1) is 16.8. The molecule has 5 rings (SSSR count). The van der Waals surface area contributed by atoms with Crippen molar-refractivity contribution >= 4 is 11.9 Å². The minimum atomic E-state index is 0.285. The first-order valence-electron chi connectivity index (χ1n) is 12.0. The van der Waals surface area contributed by atoms with Crippen molar-refractivity contribution in [2.45, 2.75) is 38.1 Å². The highest BCUT2D eigenvalue weighted by Crippen LogP contribution is 2.46. The highest BCUT2D eigenvalue weighted by atomic mass is 16.5. The Morgan fingerprint density at radius 3 is 2.06 bits per heavy atom. The molecule has 1 N–H and O–H groups in total. The summed E-state index contributed by atoms with van der Waals surface area (Å²) in [4.78, 5) is 4.75. The van der Waals surface area contributed by atoms with Crippen molar-refractivity contribution in [2.75, 3.05) is 7.11 Å². The van der Waals surface area contributed by atoms with Gasteiger partial charge in [-0.2, -0.15) is 0 Å². The molecule has 0 radical (unpaired) electrons. The Morgan fingerprint density at radius 2 is 1.44 bits per heavy atom. The summed E-state index contributed by atoms with van der Waals surface area (Å²) in [6.45, 7) is 0. The molecule has 1 aliphatic rings. The number of aromatic nitrogens is 1. The standard InChI is InChI=1S/C30H30N2O2/c1-34-26-19-17-24(18-20-26)31-21-27-30(33)28(22-11-5-2-6-12-22)29(23-13-7-3-8-14-23)32(27)25-15-9-4-10-16-25/h2-3,5-8,11-14,17-21,25,33H,4,9-10,15-16H2,1H3. The van der Waals surface area contributed by atoms with Gasteiger partial charge in [-0.3, -0.25) is 4.99 Å². The maximum atomic E-state index is 11.7. The van der Waals surface area contributed by atoms with Gasteiger partial charge in [-0.15, -0.1) is 0 Å². The predicted octanol–water partition coefficient (Wildman–Crippen LogP) is 7.79. The zero-order chi connectivity index (χ0) is 23.3. The number of methoxy groups -OCH3 is 1. The van der Waals surface area contributed by atoms with Gasteiger partial charge in [0.15, 0.2) is 5.75 Å². The maximum absolute atomic E-state index is 11.7. The third-order valence-electron chi connectivity index (χ3n) is 6.67. The summed E-state index contributed by atoms with van der Waals surface area (Å²) in [5.41, 5.74) is 5.62. The lowest BCUT2D eigenvalue weighted by molar-refractivity contribution is 0.353. The molecular weight excluding hydrogens is 420 g/mol. The molecule has 1 saturated carbocycles. The Balaban J connectivity index is 1.72. The first kappa shape index (κ1) is 22.0. The molecule has 0 amide bonds. The van der Waals surface area contributed by atoms with Crippen molar-refractivity contribution in [3.05, 3.63) is 90.6 Å². The van der Waals surface area contributed by atoms with Crippen LogP contribution in [0.4, 0.5) is 5.69 Å². The van der Waals surface area contributed by atoms with Crippen LogP contribution in [0.15, 0.2) is 89.9 Å². The Labute approximate surface area is 201 Å². The monoisotopic (exact) mass is 450 g/mol. The average molecular weight is 451 g/mol. The summed E-state index contributed by atoms with van der Waals surface area (Å²) >= 11 is 0. The van der Waals surface area contributed by atoms with Gasteiger partial charge in [0, 0.05) is 6.04 Å². The molecule has 0 aliphatic heterocycles. The fourth-order valence-electron chi connectivity index (χ4n) is 5.00. The van der Waals surface area contributed by atoms with E-state index in [1.54, 1.807) is 7.11 Å². The summed E-state index contributed by atoms with van der Waals surface area (Å²) in [5, 5.41) is 11.7. The van der Waals surface area contributed by atoms with Crippen molar-refractivity contribution < 1.29 is 9.84 Å². The van der Waals surface area contributed by atoms with Crippen LogP contribution < -0.4 is 4.74 Å². The number of ether oxygens (including phenoxy) is 1. The minimum absolute atomic E-state index is 0.285. The number of aliphatic imine (C=N–C) groups is 1. The van der Waals surface area contributed by atoms with E-state index in [4.69, 9.17) is 9.73 Å². The van der Waals surface area contributed by atoms with E-state index < -0.39 is 0 Å². The van der Waals surface area contributed by atoms with Crippen molar-refractivity contribution in [2.24, 2.45) is 4.99 Å². The first-order valence-corrected chi connectivity index (χ1v) is 12.0. The van der Waals surface area contributed by atoms with Crippen LogP contribution in [0.5, 0.6) is 11.5 Å². The Hall–Kier alpha value is -3.79. The molecule has 4 aromatic rings. The van der Waals surface area contributed by atoms with Crippen molar-refractivity contribution in [3.8, 4) is 33.9 Å². The van der Waals surface area contributed by atoms with Gasteiger partial charge in [0.2, 0.25) is 0 Å². The van der Waals surface area contributed by atoms with Gasteiger partial charge < -0.3 is 14.4 Å². The lowest BCUT2D eigenvalue weighted by Gasteiger charge is -2.27. The molecule has 4 heteroatoms. The Morgan fingerprint density at radius 1 is 0.824 bits per heavy atom. The SMILES string of the molecule is COc1ccc(N=Cc2c(O)c(-c3ccccc3)c(-c3ccccc3)n2C2CCCCC2)cc1. The molecule has 1 fully saturated rings. The van der Waals surface area contributed by atoms with Crippen LogP contribution in [0, 0.1) is 0 Å². The molecule has 0 spiro atoms. The highest BCUT2D eigenvalue weighted by molar-refractivity contribution is 5.96. The van der Waals surface area contributed by atoms with E-state index in [2.05, 4.69) is 41.0 Å². The molecule has 0 saturated heterocycles. The lowest BCUT2D eigenvalue weighted by Crippen LogP contribution is -2.16. The number of nitrogens with zero attached hydrogens (tertiary/aromatic N) is 2. The molecule has 34 heavy (non-hydrogen) atoms. The van der Waals surface area contributed by atoms with Crippen LogP contribution in [0.2, 0.25) is 0 Å². The molecule has 0 unspecified atom stereocenters. The summed E-state index contributed by atoms with van der Waals surface area (Å²) in [6, 6.07) is 28.6. The number of aromatic hydroxyl groups is 1. The minimum Gasteiger partial charge on any atom is -0.505 e. The molecule has 172 valence electrons. The average Bonchev–Trinajstić information content (AvgIpc) is 3.21. The van der Waals surface area contributed by atoms with E-state index in [1.165, 1.54) is 19.3 Å². The van der Waals surface area contributed by atoms with Gasteiger partial charge >= 0.3 is 0 Å². The van der Waals surface area contributed by atoms with Crippen molar-refractivity contribution in [1.29, 1.82) is 0 Å². The van der Waals surface area contributed by atoms with E-state index in [0.29, 0.717) is 6.04 Å². The van der Waals surface area contributed by atoms with Crippen LogP contribution in [0.25, 0.3) is 22.4 Å². The van der Waals surface area contributed by atoms with Crippen molar-refractivity contribution in [1.82, 2.24) is 4.57 Å². The largest absolute Gasteiger partial charge is 0.505 e. The fraction of sp³-hybridized carbons (Fsp3) is 0.233. The zero-order valence-corrected chi connectivity index (χ0v) is 19.5. The molecular formula is C30H30N2O2. The second kappa shape index (κ2) is 10.0. The second-order valence-electron chi connectivity index (χ2n) is 8.81. The fourth-order valence-corrected chi connectivity index (χ4v) is 5.00. The van der Waals surface area contributed by atoms with Gasteiger partial charge in [-0.1, -0.05) is 79.9 Å². The van der Waals surface area contributed by atoms with E-state index in [1.807, 2.05) is 54.7 Å². The summed E-state index contributed by atoms with van der Waals surface area (Å²) in [7, 11) is 1.66. The summed E-state index contributed by atoms with van der Waals surface area (Å²) < 4.78 is 7.62. The van der Waals surface area contributed by atoms with E-state index in [0.717, 1.165) is 52.4 Å². The number of hydrogen-bond donors (Lipinski definition) is 1. The molecule has 4 nitrogen and oxygen atoms in total. The molecule has 0 bridgehead atoms. The van der Waals surface area contributed by atoms with E-state index in [-0.39, 0.29) is 5.75 Å². The van der Waals surface area contributed by atoms with Gasteiger partial charge in [-0.05, 0) is 48.2 Å². The molecule has 1 aromatic heterocycles. The van der Waals surface area contributed by atoms with Crippen LogP contribution in [0.3, 0.4) is 0 Å². The highest BCUT2D eigenvalue weighted by Gasteiger charge is 2.28. The number of rotatable bonds is 6. The van der Waals surface area contributed by atoms with Crippen LogP contribution >= 0.6 is 0 Å². The Kier molecular flexibility index (Phi) is 6.48. The third-order valence-corrected chi connectivity index (χ3v) is 6.67. The van der Waals surface area contributed by atoms with Crippen molar-refractivity contribution in [3.63, 3.8) is 0 Å². The van der Waals surface area contributed by atoms with Gasteiger partial charge in [-0.25, -0.2) is 0 Å². The van der Waals surface area contributed by atoms with E-state index >= 15 is 0 Å². The molecule has 0 atom stereocenters. The van der Waals surface area contributed by atoms with Crippen LogP contribution in [0.1, 0.15) is 43.8 Å². The molecule has 3 aromatic carbocycles. The lowest BCUT2D eigenvalue weighted by atomic mass is 9.94. The van der Waals surface area contributed by atoms with Crippen LogP contribution in [-0.4, -0.2) is 23.0 Å². The molecule has 1 aliphatic carbocycles. The smallest absolute Gasteiger partial charge is 0.150 e. The normalized spacial score (nSPS) is 14.5. The third kappa shape index (κ3) is 4.36. The zero-order valence-electron chi connectivity index (χ0n) is 19.5. The molecule has 1 heterocycles. The quantitative estimate of drug-likeness (QED) is 0.305. The predicted molar refractivity (Wildman–Crippen MR) is 139 cm³/mol. The Bertz CT molecular complexity index is 1250. The second-order valence-corrected chi connectivity index (χ2v) is 8.81. The van der Waals surface area contributed by atoms with Gasteiger partial charge in [0.1, 0.15) is 11.4 Å². The van der Waals surface area contributed by atoms with E-state index in [9.17, 15) is 5.11 Å². The van der Waals surface area contributed by atoms with Crippen LogP contribution in [-0.2, 0) is 0 Å². The summed E-state index contributed by atoms with van der Waals surface area (Å²) in [5.74, 6) is 1.08.